The highest BCUT2D eigenvalue weighted by molar-refractivity contribution is 5.98. The second-order valence-corrected chi connectivity index (χ2v) is 9.21. The van der Waals surface area contributed by atoms with E-state index in [0.717, 1.165) is 42.0 Å². The number of carbonyl (C=O) groups excluding carboxylic acids is 2. The highest BCUT2D eigenvalue weighted by atomic mass is 16.8. The van der Waals surface area contributed by atoms with Crippen molar-refractivity contribution in [3.63, 3.8) is 0 Å². The van der Waals surface area contributed by atoms with Crippen LogP contribution in [0.4, 0.5) is 0 Å². The van der Waals surface area contributed by atoms with Crippen molar-refractivity contribution < 1.29 is 28.6 Å². The van der Waals surface area contributed by atoms with Gasteiger partial charge >= 0.3 is 0 Å². The summed E-state index contributed by atoms with van der Waals surface area (Å²) in [6.07, 6.45) is 4.84. The van der Waals surface area contributed by atoms with Crippen LogP contribution in [-0.2, 0) is 19.1 Å². The van der Waals surface area contributed by atoms with E-state index in [1.54, 1.807) is 30.3 Å². The Labute approximate surface area is 229 Å². The number of carbonyl (C=O) groups is 2. The van der Waals surface area contributed by atoms with Crippen molar-refractivity contribution in [2.24, 2.45) is 0 Å². The first-order valence-corrected chi connectivity index (χ1v) is 13.5. The average molecular weight is 533 g/mol. The predicted molar refractivity (Wildman–Crippen MR) is 150 cm³/mol. The van der Waals surface area contributed by atoms with Gasteiger partial charge in [-0.2, -0.15) is 0 Å². The molecular formula is C31H36N2O6. The van der Waals surface area contributed by atoms with Crippen molar-refractivity contribution in [1.29, 1.82) is 0 Å². The van der Waals surface area contributed by atoms with Crippen LogP contribution in [0.1, 0.15) is 48.5 Å². The lowest BCUT2D eigenvalue weighted by Gasteiger charge is -2.22. The van der Waals surface area contributed by atoms with E-state index in [9.17, 15) is 9.59 Å². The normalized spacial score (nSPS) is 15.6. The minimum absolute atomic E-state index is 0.0861. The maximum atomic E-state index is 13.1. The minimum atomic E-state index is -0.416. The monoisotopic (exact) mass is 532 g/mol. The standard InChI is InChI=1S/C31H36N2O6/c1-2-36-19-8-18-32-30(34)26(22-38-28-12-7-10-24-9-3-4-11-27(24)28)21-23-14-16-25(17-15-23)31(35)33-39-29-13-5-6-20-37-29/h3-4,7,9-12,14-17,21,29H,2,5-6,8,13,18-20,22H2,1H3,(H,32,34)(H,33,35)/b26-21+. The Morgan fingerprint density at radius 1 is 1.03 bits per heavy atom. The Morgan fingerprint density at radius 3 is 2.64 bits per heavy atom. The molecule has 3 aromatic carbocycles. The van der Waals surface area contributed by atoms with Gasteiger partial charge in [0.2, 0.25) is 0 Å². The third-order valence-corrected chi connectivity index (χ3v) is 6.31. The number of rotatable bonds is 13. The molecule has 39 heavy (non-hydrogen) atoms. The summed E-state index contributed by atoms with van der Waals surface area (Å²) in [4.78, 5) is 31.0. The molecule has 0 aromatic heterocycles. The molecule has 1 atom stereocenters. The van der Waals surface area contributed by atoms with E-state index in [4.69, 9.17) is 19.0 Å². The van der Waals surface area contributed by atoms with Crippen LogP contribution >= 0.6 is 0 Å². The Bertz CT molecular complexity index is 1250. The summed E-state index contributed by atoms with van der Waals surface area (Å²) < 4.78 is 17.0. The molecule has 1 fully saturated rings. The zero-order chi connectivity index (χ0) is 27.3. The number of ether oxygens (including phenoxy) is 3. The molecule has 2 N–H and O–H groups in total. The van der Waals surface area contributed by atoms with E-state index in [1.807, 2.05) is 49.4 Å². The fraction of sp³-hybridized carbons (Fsp3) is 0.355. The quantitative estimate of drug-likeness (QED) is 0.182. The number of amides is 2. The zero-order valence-corrected chi connectivity index (χ0v) is 22.3. The van der Waals surface area contributed by atoms with E-state index in [1.165, 1.54) is 0 Å². The van der Waals surface area contributed by atoms with Crippen molar-refractivity contribution in [2.45, 2.75) is 38.9 Å². The van der Waals surface area contributed by atoms with Crippen molar-refractivity contribution in [3.05, 3.63) is 83.4 Å². The van der Waals surface area contributed by atoms with Crippen LogP contribution in [-0.4, -0.2) is 51.1 Å². The first-order chi connectivity index (χ1) is 19.1. The maximum absolute atomic E-state index is 13.1. The van der Waals surface area contributed by atoms with Crippen LogP contribution in [0.2, 0.25) is 0 Å². The van der Waals surface area contributed by atoms with Gasteiger partial charge < -0.3 is 19.5 Å². The molecule has 1 aliphatic heterocycles. The minimum Gasteiger partial charge on any atom is -0.488 e. The topological polar surface area (TPSA) is 95.1 Å². The van der Waals surface area contributed by atoms with Crippen molar-refractivity contribution >= 4 is 28.7 Å². The lowest BCUT2D eigenvalue weighted by Crippen LogP contribution is -2.33. The van der Waals surface area contributed by atoms with Crippen LogP contribution in [0.3, 0.4) is 0 Å². The second-order valence-electron chi connectivity index (χ2n) is 9.21. The summed E-state index contributed by atoms with van der Waals surface area (Å²) in [7, 11) is 0. The number of benzene rings is 3. The van der Waals surface area contributed by atoms with Crippen LogP contribution in [0, 0.1) is 0 Å². The molecule has 1 saturated heterocycles. The predicted octanol–water partition coefficient (Wildman–Crippen LogP) is 5.03. The van der Waals surface area contributed by atoms with Gasteiger partial charge in [0.25, 0.3) is 11.8 Å². The summed E-state index contributed by atoms with van der Waals surface area (Å²) in [6, 6.07) is 20.8. The zero-order valence-electron chi connectivity index (χ0n) is 22.3. The van der Waals surface area contributed by atoms with Gasteiger partial charge in [-0.05, 0) is 61.4 Å². The number of hydrogen-bond acceptors (Lipinski definition) is 6. The van der Waals surface area contributed by atoms with Crippen molar-refractivity contribution in [3.8, 4) is 5.75 Å². The summed E-state index contributed by atoms with van der Waals surface area (Å²) in [5.41, 5.74) is 4.14. The largest absolute Gasteiger partial charge is 0.488 e. The Kier molecular flexibility index (Phi) is 10.9. The van der Waals surface area contributed by atoms with Gasteiger partial charge in [0.1, 0.15) is 12.4 Å². The van der Waals surface area contributed by atoms with Crippen molar-refractivity contribution in [2.75, 3.05) is 33.0 Å². The van der Waals surface area contributed by atoms with Crippen LogP contribution < -0.4 is 15.5 Å². The molecule has 0 bridgehead atoms. The number of fused-ring (bicyclic) bond motifs is 1. The molecule has 1 aliphatic rings. The average Bonchev–Trinajstić information content (AvgIpc) is 2.98. The number of hydrogen-bond donors (Lipinski definition) is 2. The smallest absolute Gasteiger partial charge is 0.274 e. The van der Waals surface area contributed by atoms with Gasteiger partial charge in [-0.3, -0.25) is 9.59 Å². The molecule has 2 amide bonds. The van der Waals surface area contributed by atoms with Gasteiger partial charge in [-0.1, -0.05) is 48.5 Å². The van der Waals surface area contributed by atoms with Crippen LogP contribution in [0.25, 0.3) is 16.8 Å². The summed E-state index contributed by atoms with van der Waals surface area (Å²) >= 11 is 0. The molecule has 0 aliphatic carbocycles. The fourth-order valence-corrected chi connectivity index (χ4v) is 4.20. The lowest BCUT2D eigenvalue weighted by molar-refractivity contribution is -0.186. The molecule has 8 nitrogen and oxygen atoms in total. The van der Waals surface area contributed by atoms with Gasteiger partial charge in [-0.15, -0.1) is 0 Å². The van der Waals surface area contributed by atoms with E-state index in [0.29, 0.717) is 43.3 Å². The second kappa shape index (κ2) is 15.0. The summed E-state index contributed by atoms with van der Waals surface area (Å²) in [5.74, 6) is 0.137. The Balaban J connectivity index is 1.43. The van der Waals surface area contributed by atoms with E-state index in [2.05, 4.69) is 10.8 Å². The molecule has 8 heteroatoms. The highest BCUT2D eigenvalue weighted by Gasteiger charge is 2.17. The lowest BCUT2D eigenvalue weighted by atomic mass is 10.1. The molecule has 1 heterocycles. The maximum Gasteiger partial charge on any atom is 0.274 e. The molecule has 4 rings (SSSR count). The van der Waals surface area contributed by atoms with Crippen molar-refractivity contribution in [1.82, 2.24) is 10.8 Å². The molecule has 0 spiro atoms. The third kappa shape index (κ3) is 8.64. The van der Waals surface area contributed by atoms with E-state index >= 15 is 0 Å². The Morgan fingerprint density at radius 2 is 1.85 bits per heavy atom. The molecule has 1 unspecified atom stereocenters. The molecular weight excluding hydrogens is 496 g/mol. The number of hydroxylamine groups is 1. The van der Waals surface area contributed by atoms with E-state index in [-0.39, 0.29) is 18.4 Å². The van der Waals surface area contributed by atoms with Crippen LogP contribution in [0.15, 0.2) is 72.3 Å². The third-order valence-electron chi connectivity index (χ3n) is 6.31. The first-order valence-electron chi connectivity index (χ1n) is 13.5. The fourth-order valence-electron chi connectivity index (χ4n) is 4.20. The summed E-state index contributed by atoms with van der Waals surface area (Å²) in [6.45, 7) is 4.39. The molecule has 206 valence electrons. The first kappa shape index (κ1) is 28.3. The Hall–Kier alpha value is -3.72. The highest BCUT2D eigenvalue weighted by Crippen LogP contribution is 2.26. The van der Waals surface area contributed by atoms with Gasteiger partial charge in [0.15, 0.2) is 6.29 Å². The van der Waals surface area contributed by atoms with Gasteiger partial charge in [0, 0.05) is 43.7 Å². The summed E-state index contributed by atoms with van der Waals surface area (Å²) in [5, 5.41) is 5.00. The van der Waals surface area contributed by atoms with E-state index < -0.39 is 6.29 Å². The SMILES string of the molecule is CCOCCCNC(=O)/C(=C/c1ccc(C(=O)NOC2CCCCO2)cc1)COc1cccc2ccccc12. The number of nitrogens with one attached hydrogen (secondary N) is 2. The van der Waals surface area contributed by atoms with Gasteiger partial charge in [-0.25, -0.2) is 10.3 Å². The molecule has 0 radical (unpaired) electrons. The van der Waals surface area contributed by atoms with Crippen LogP contribution in [0.5, 0.6) is 5.75 Å². The molecule has 0 saturated carbocycles. The van der Waals surface area contributed by atoms with Gasteiger partial charge in [0.05, 0.1) is 5.57 Å². The molecule has 3 aromatic rings.